The van der Waals surface area contributed by atoms with Gasteiger partial charge < -0.3 is 29.0 Å². The average molecular weight is 335 g/mol. The summed E-state index contributed by atoms with van der Waals surface area (Å²) < 4.78 is 25.5. The molecule has 1 aromatic rings. The summed E-state index contributed by atoms with van der Waals surface area (Å²) >= 11 is 0. The number of ether oxygens (including phenoxy) is 5. The van der Waals surface area contributed by atoms with Gasteiger partial charge in [0.15, 0.2) is 18.1 Å². The van der Waals surface area contributed by atoms with Crippen LogP contribution in [0.25, 0.3) is 0 Å². The summed E-state index contributed by atoms with van der Waals surface area (Å²) in [7, 11) is 0. The van der Waals surface area contributed by atoms with Crippen molar-refractivity contribution >= 4 is 11.9 Å². The van der Waals surface area contributed by atoms with Crippen molar-refractivity contribution in [3.05, 3.63) is 35.8 Å². The van der Waals surface area contributed by atoms with Gasteiger partial charge in [0.05, 0.1) is 6.04 Å². The zero-order valence-corrected chi connectivity index (χ0v) is 13.1. The number of amides is 1. The summed E-state index contributed by atoms with van der Waals surface area (Å²) in [4.78, 5) is 23.6. The molecule has 1 unspecified atom stereocenters. The van der Waals surface area contributed by atoms with Crippen LogP contribution in [0.3, 0.4) is 0 Å². The van der Waals surface area contributed by atoms with Crippen molar-refractivity contribution in [2.24, 2.45) is 0 Å². The molecule has 0 fully saturated rings. The van der Waals surface area contributed by atoms with Crippen LogP contribution in [0.15, 0.2) is 30.2 Å². The molecule has 1 aromatic carbocycles. The van der Waals surface area contributed by atoms with Crippen LogP contribution < -0.4 is 14.8 Å². The molecule has 0 aromatic heterocycles. The van der Waals surface area contributed by atoms with E-state index in [-0.39, 0.29) is 25.2 Å². The minimum absolute atomic E-state index is 0.0436. The van der Waals surface area contributed by atoms with Gasteiger partial charge in [-0.25, -0.2) is 4.79 Å². The van der Waals surface area contributed by atoms with Gasteiger partial charge in [0.2, 0.25) is 12.6 Å². The monoisotopic (exact) mass is 335 g/mol. The molecule has 0 saturated carbocycles. The smallest absolute Gasteiger partial charge is 0.377 e. The molecule has 0 bridgehead atoms. The van der Waals surface area contributed by atoms with Crippen molar-refractivity contribution in [3.8, 4) is 11.5 Å². The van der Waals surface area contributed by atoms with Crippen molar-refractivity contribution in [1.82, 2.24) is 5.32 Å². The molecule has 3 rings (SSSR count). The second-order valence-corrected chi connectivity index (χ2v) is 5.18. The Morgan fingerprint density at radius 2 is 2.04 bits per heavy atom. The molecule has 0 spiro atoms. The minimum Gasteiger partial charge on any atom is -0.493 e. The first kappa shape index (κ1) is 16.0. The van der Waals surface area contributed by atoms with E-state index in [0.29, 0.717) is 18.1 Å². The second-order valence-electron chi connectivity index (χ2n) is 5.18. The number of carbonyl (C=O) groups is 2. The Morgan fingerprint density at radius 3 is 2.83 bits per heavy atom. The molecule has 2 aliphatic rings. The molecule has 128 valence electrons. The number of benzene rings is 1. The maximum atomic E-state index is 11.9. The lowest BCUT2D eigenvalue weighted by molar-refractivity contribution is -0.149. The van der Waals surface area contributed by atoms with Crippen LogP contribution in [0.4, 0.5) is 0 Å². The van der Waals surface area contributed by atoms with Crippen LogP contribution in [-0.4, -0.2) is 38.5 Å². The predicted molar refractivity (Wildman–Crippen MR) is 80.1 cm³/mol. The van der Waals surface area contributed by atoms with Crippen molar-refractivity contribution in [2.45, 2.75) is 13.0 Å². The maximum Gasteiger partial charge on any atom is 0.377 e. The average Bonchev–Trinajstić information content (AvgIpc) is 3.08. The largest absolute Gasteiger partial charge is 0.493 e. The zero-order chi connectivity index (χ0) is 16.9. The van der Waals surface area contributed by atoms with Crippen LogP contribution in [0.1, 0.15) is 18.5 Å². The molecule has 8 nitrogen and oxygen atoms in total. The van der Waals surface area contributed by atoms with Crippen molar-refractivity contribution in [2.75, 3.05) is 26.6 Å². The first-order valence-corrected chi connectivity index (χ1v) is 7.44. The topological polar surface area (TPSA) is 92.3 Å². The van der Waals surface area contributed by atoms with Crippen LogP contribution in [0.5, 0.6) is 11.5 Å². The fraction of sp³-hybridized carbons (Fsp3) is 0.375. The van der Waals surface area contributed by atoms with Crippen LogP contribution in [0.2, 0.25) is 0 Å². The van der Waals surface area contributed by atoms with E-state index in [0.717, 1.165) is 5.56 Å². The molecule has 2 aliphatic heterocycles. The van der Waals surface area contributed by atoms with E-state index in [1.54, 1.807) is 12.1 Å². The molecule has 0 radical (unpaired) electrons. The Kier molecular flexibility index (Phi) is 4.74. The van der Waals surface area contributed by atoms with Crippen LogP contribution >= 0.6 is 0 Å². The normalized spacial score (nSPS) is 16.3. The molecule has 1 amide bonds. The highest BCUT2D eigenvalue weighted by molar-refractivity contribution is 5.88. The summed E-state index contributed by atoms with van der Waals surface area (Å²) in [6.45, 7) is 2.25. The minimum atomic E-state index is -0.736. The fourth-order valence-electron chi connectivity index (χ4n) is 2.23. The van der Waals surface area contributed by atoms with E-state index in [1.807, 2.05) is 13.0 Å². The third-order valence-corrected chi connectivity index (χ3v) is 3.46. The Labute approximate surface area is 138 Å². The van der Waals surface area contributed by atoms with Crippen molar-refractivity contribution in [3.63, 3.8) is 0 Å². The SMILES string of the molecule is CC(NC(=O)COC(=O)C1=COCCO1)c1ccc2c(c1)OCO2. The third kappa shape index (κ3) is 3.70. The van der Waals surface area contributed by atoms with E-state index in [9.17, 15) is 9.59 Å². The first-order valence-electron chi connectivity index (χ1n) is 7.44. The standard InChI is InChI=1S/C16H17NO7/c1-10(11-2-3-12-13(6-11)24-9-23-12)17-15(18)8-22-16(19)14-7-20-4-5-21-14/h2-3,6-7,10H,4-5,8-9H2,1H3,(H,17,18). The maximum absolute atomic E-state index is 11.9. The van der Waals surface area contributed by atoms with Crippen molar-refractivity contribution < 1.29 is 33.3 Å². The van der Waals surface area contributed by atoms with E-state index in [1.165, 1.54) is 6.26 Å². The van der Waals surface area contributed by atoms with Gasteiger partial charge >= 0.3 is 5.97 Å². The number of nitrogens with one attached hydrogen (secondary N) is 1. The van der Waals surface area contributed by atoms with Crippen LogP contribution in [0, 0.1) is 0 Å². The van der Waals surface area contributed by atoms with Crippen LogP contribution in [-0.2, 0) is 23.8 Å². The number of carbonyl (C=O) groups excluding carboxylic acids is 2. The Hall–Kier alpha value is -2.90. The van der Waals surface area contributed by atoms with Gasteiger partial charge in [-0.2, -0.15) is 0 Å². The van der Waals surface area contributed by atoms with Gasteiger partial charge in [-0.05, 0) is 24.6 Å². The summed E-state index contributed by atoms with van der Waals surface area (Å²) in [5, 5.41) is 2.74. The molecule has 24 heavy (non-hydrogen) atoms. The Bertz CT molecular complexity index is 670. The summed E-state index contributed by atoms with van der Waals surface area (Å²) in [5.74, 6) is 0.111. The molecule has 8 heteroatoms. The van der Waals surface area contributed by atoms with Crippen molar-refractivity contribution in [1.29, 1.82) is 0 Å². The fourth-order valence-corrected chi connectivity index (χ4v) is 2.23. The number of fused-ring (bicyclic) bond motifs is 1. The van der Waals surface area contributed by atoms with E-state index < -0.39 is 18.5 Å². The lowest BCUT2D eigenvalue weighted by Gasteiger charge is -2.16. The quantitative estimate of drug-likeness (QED) is 0.803. The first-order chi connectivity index (χ1) is 11.6. The molecular formula is C16H17NO7. The molecule has 0 saturated heterocycles. The van der Waals surface area contributed by atoms with E-state index >= 15 is 0 Å². The van der Waals surface area contributed by atoms with E-state index in [2.05, 4.69) is 5.32 Å². The lowest BCUT2D eigenvalue weighted by Crippen LogP contribution is -2.31. The Balaban J connectivity index is 1.49. The van der Waals surface area contributed by atoms with Gasteiger partial charge in [-0.1, -0.05) is 6.07 Å². The molecule has 0 aliphatic carbocycles. The molecule has 2 heterocycles. The molecular weight excluding hydrogens is 318 g/mol. The highest BCUT2D eigenvalue weighted by atomic mass is 16.7. The second kappa shape index (κ2) is 7.12. The van der Waals surface area contributed by atoms with E-state index in [4.69, 9.17) is 23.7 Å². The highest BCUT2D eigenvalue weighted by Crippen LogP contribution is 2.34. The van der Waals surface area contributed by atoms with Gasteiger partial charge in [0, 0.05) is 0 Å². The van der Waals surface area contributed by atoms with Gasteiger partial charge in [0.1, 0.15) is 19.5 Å². The third-order valence-electron chi connectivity index (χ3n) is 3.46. The predicted octanol–water partition coefficient (Wildman–Crippen LogP) is 1.02. The summed E-state index contributed by atoms with van der Waals surface area (Å²) in [6, 6.07) is 5.15. The number of hydrogen-bond donors (Lipinski definition) is 1. The zero-order valence-electron chi connectivity index (χ0n) is 13.1. The molecule has 1 atom stereocenters. The highest BCUT2D eigenvalue weighted by Gasteiger charge is 2.20. The number of esters is 1. The molecule has 1 N–H and O–H groups in total. The van der Waals surface area contributed by atoms with Gasteiger partial charge in [-0.15, -0.1) is 0 Å². The number of rotatable bonds is 5. The lowest BCUT2D eigenvalue weighted by atomic mass is 10.1. The number of hydrogen-bond acceptors (Lipinski definition) is 7. The Morgan fingerprint density at radius 1 is 1.21 bits per heavy atom. The summed E-state index contributed by atoms with van der Waals surface area (Å²) in [6.07, 6.45) is 1.18. The van der Waals surface area contributed by atoms with Gasteiger partial charge in [-0.3, -0.25) is 4.79 Å². The summed E-state index contributed by atoms with van der Waals surface area (Å²) in [5.41, 5.74) is 0.852. The van der Waals surface area contributed by atoms with Gasteiger partial charge in [0.25, 0.3) is 5.91 Å².